The Balaban J connectivity index is 2.13. The van der Waals surface area contributed by atoms with Crippen LogP contribution in [0, 0.1) is 11.3 Å². The van der Waals surface area contributed by atoms with E-state index in [-0.39, 0.29) is 0 Å². The van der Waals surface area contributed by atoms with Crippen molar-refractivity contribution in [2.45, 2.75) is 0 Å². The van der Waals surface area contributed by atoms with Crippen molar-refractivity contribution in [3.05, 3.63) is 53.6 Å². The van der Waals surface area contributed by atoms with Gasteiger partial charge in [0.25, 0.3) is 5.24 Å². The number of oxazole rings is 1. The summed E-state index contributed by atoms with van der Waals surface area (Å²) in [5.41, 5.74) is 2.74. The maximum absolute atomic E-state index is 11.2. The normalized spacial score (nSPS) is 10.4. The Labute approximate surface area is 119 Å². The first kappa shape index (κ1) is 12.4. The number of hydrogen-bond acceptors (Lipinski definition) is 4. The molecule has 0 radical (unpaired) electrons. The Morgan fingerprint density at radius 3 is 2.85 bits per heavy atom. The van der Waals surface area contributed by atoms with E-state index in [1.807, 2.05) is 6.07 Å². The quantitative estimate of drug-likeness (QED) is 0.671. The highest BCUT2D eigenvalue weighted by molar-refractivity contribution is 6.67. The van der Waals surface area contributed by atoms with Gasteiger partial charge in [-0.2, -0.15) is 5.26 Å². The maximum atomic E-state index is 11.2. The molecule has 3 rings (SSSR count). The van der Waals surface area contributed by atoms with Crippen molar-refractivity contribution < 1.29 is 9.21 Å². The van der Waals surface area contributed by atoms with Crippen molar-refractivity contribution in [2.75, 3.05) is 0 Å². The van der Waals surface area contributed by atoms with Crippen LogP contribution in [0.3, 0.4) is 0 Å². The first-order chi connectivity index (χ1) is 9.67. The number of aromatic nitrogens is 1. The Hall–Kier alpha value is -2.64. The van der Waals surface area contributed by atoms with E-state index in [0.29, 0.717) is 33.7 Å². The SMILES string of the molecule is N#Cc1ccc2oc(-c3cccc(C(=O)Cl)c3)nc2c1. The molecule has 0 spiro atoms. The highest BCUT2D eigenvalue weighted by Gasteiger charge is 2.10. The second-order valence-corrected chi connectivity index (χ2v) is 4.51. The summed E-state index contributed by atoms with van der Waals surface area (Å²) >= 11 is 5.45. The minimum Gasteiger partial charge on any atom is -0.436 e. The molecule has 0 aliphatic heterocycles. The topological polar surface area (TPSA) is 66.9 Å². The predicted molar refractivity (Wildman–Crippen MR) is 74.3 cm³/mol. The molecule has 3 aromatic rings. The molecular weight excluding hydrogens is 276 g/mol. The highest BCUT2D eigenvalue weighted by Crippen LogP contribution is 2.25. The van der Waals surface area contributed by atoms with E-state index in [1.54, 1.807) is 42.5 Å². The number of halogens is 1. The molecule has 0 unspecified atom stereocenters. The minimum atomic E-state index is -0.533. The number of carbonyl (C=O) groups is 1. The van der Waals surface area contributed by atoms with Crippen molar-refractivity contribution in [3.8, 4) is 17.5 Å². The largest absolute Gasteiger partial charge is 0.436 e. The number of hydrogen-bond donors (Lipinski definition) is 0. The molecule has 0 saturated heterocycles. The Bertz CT molecular complexity index is 862. The molecule has 1 heterocycles. The van der Waals surface area contributed by atoms with Gasteiger partial charge in [-0.05, 0) is 41.9 Å². The average Bonchev–Trinajstić information content (AvgIpc) is 2.90. The Morgan fingerprint density at radius 2 is 2.10 bits per heavy atom. The zero-order chi connectivity index (χ0) is 14.1. The summed E-state index contributed by atoms with van der Waals surface area (Å²) in [6.45, 7) is 0. The van der Waals surface area contributed by atoms with Crippen LogP contribution >= 0.6 is 11.6 Å². The average molecular weight is 283 g/mol. The fraction of sp³-hybridized carbons (Fsp3) is 0. The molecule has 0 fully saturated rings. The molecule has 0 bridgehead atoms. The Kier molecular flexibility index (Phi) is 2.97. The third-order valence-electron chi connectivity index (χ3n) is 2.85. The second kappa shape index (κ2) is 4.80. The summed E-state index contributed by atoms with van der Waals surface area (Å²) in [6, 6.07) is 13.8. The molecular formula is C15H7ClN2O2. The minimum absolute atomic E-state index is 0.379. The lowest BCUT2D eigenvalue weighted by Gasteiger charge is -1.97. The van der Waals surface area contributed by atoms with Crippen LogP contribution in [-0.2, 0) is 0 Å². The van der Waals surface area contributed by atoms with Crippen LogP contribution in [0.15, 0.2) is 46.9 Å². The lowest BCUT2D eigenvalue weighted by atomic mass is 10.1. The summed E-state index contributed by atoms with van der Waals surface area (Å²) in [4.78, 5) is 15.5. The van der Waals surface area contributed by atoms with E-state index < -0.39 is 5.24 Å². The van der Waals surface area contributed by atoms with Crippen molar-refractivity contribution in [3.63, 3.8) is 0 Å². The first-order valence-corrected chi connectivity index (χ1v) is 6.16. The number of benzene rings is 2. The van der Waals surface area contributed by atoms with Crippen molar-refractivity contribution in [1.29, 1.82) is 5.26 Å². The van der Waals surface area contributed by atoms with Gasteiger partial charge in [-0.3, -0.25) is 4.79 Å². The summed E-state index contributed by atoms with van der Waals surface area (Å²) in [7, 11) is 0. The van der Waals surface area contributed by atoms with Crippen LogP contribution < -0.4 is 0 Å². The predicted octanol–water partition coefficient (Wildman–Crippen LogP) is 3.75. The molecule has 0 aliphatic carbocycles. The summed E-state index contributed by atoms with van der Waals surface area (Å²) in [6.07, 6.45) is 0. The van der Waals surface area contributed by atoms with Crippen molar-refractivity contribution in [2.24, 2.45) is 0 Å². The van der Waals surface area contributed by atoms with E-state index in [2.05, 4.69) is 4.98 Å². The molecule has 0 amide bonds. The van der Waals surface area contributed by atoms with E-state index in [1.165, 1.54) is 0 Å². The number of fused-ring (bicyclic) bond motifs is 1. The Morgan fingerprint density at radius 1 is 1.25 bits per heavy atom. The fourth-order valence-electron chi connectivity index (χ4n) is 1.89. The number of carbonyl (C=O) groups excluding carboxylic acids is 1. The van der Waals surface area contributed by atoms with Gasteiger partial charge in [0, 0.05) is 11.1 Å². The lowest BCUT2D eigenvalue weighted by Crippen LogP contribution is -1.88. The van der Waals surface area contributed by atoms with Gasteiger partial charge in [0.05, 0.1) is 11.6 Å². The smallest absolute Gasteiger partial charge is 0.252 e. The highest BCUT2D eigenvalue weighted by atomic mass is 35.5. The van der Waals surface area contributed by atoms with Crippen LogP contribution in [0.2, 0.25) is 0 Å². The molecule has 20 heavy (non-hydrogen) atoms. The van der Waals surface area contributed by atoms with Crippen LogP contribution in [0.5, 0.6) is 0 Å². The van der Waals surface area contributed by atoms with Crippen LogP contribution in [0.4, 0.5) is 0 Å². The molecule has 4 nitrogen and oxygen atoms in total. The lowest BCUT2D eigenvalue weighted by molar-refractivity contribution is 0.108. The monoisotopic (exact) mass is 282 g/mol. The van der Waals surface area contributed by atoms with Gasteiger partial charge in [-0.15, -0.1) is 0 Å². The van der Waals surface area contributed by atoms with Gasteiger partial charge in [0.1, 0.15) is 5.52 Å². The zero-order valence-electron chi connectivity index (χ0n) is 10.1. The third kappa shape index (κ3) is 2.15. The second-order valence-electron chi connectivity index (χ2n) is 4.17. The van der Waals surface area contributed by atoms with Crippen LogP contribution in [-0.4, -0.2) is 10.2 Å². The van der Waals surface area contributed by atoms with Crippen LogP contribution in [0.25, 0.3) is 22.6 Å². The molecule has 2 aromatic carbocycles. The van der Waals surface area contributed by atoms with Gasteiger partial charge >= 0.3 is 0 Å². The van der Waals surface area contributed by atoms with E-state index in [9.17, 15) is 4.79 Å². The molecule has 5 heteroatoms. The van der Waals surface area contributed by atoms with Gasteiger partial charge < -0.3 is 4.42 Å². The fourth-order valence-corrected chi connectivity index (χ4v) is 2.01. The molecule has 0 aliphatic rings. The standard InChI is InChI=1S/C15H7ClN2O2/c16-14(19)10-2-1-3-11(7-10)15-18-12-6-9(8-17)4-5-13(12)20-15/h1-7H. The van der Waals surface area contributed by atoms with Gasteiger partial charge in [-0.1, -0.05) is 12.1 Å². The van der Waals surface area contributed by atoms with E-state index in [0.717, 1.165) is 0 Å². The zero-order valence-corrected chi connectivity index (χ0v) is 10.9. The van der Waals surface area contributed by atoms with Gasteiger partial charge in [0.15, 0.2) is 5.58 Å². The van der Waals surface area contributed by atoms with Crippen LogP contribution in [0.1, 0.15) is 15.9 Å². The molecule has 0 saturated carbocycles. The number of nitrogens with zero attached hydrogens (tertiary/aromatic N) is 2. The molecule has 0 N–H and O–H groups in total. The van der Waals surface area contributed by atoms with E-state index in [4.69, 9.17) is 21.3 Å². The summed E-state index contributed by atoms with van der Waals surface area (Å²) in [5, 5.41) is 8.33. The molecule has 0 atom stereocenters. The number of nitriles is 1. The van der Waals surface area contributed by atoms with E-state index >= 15 is 0 Å². The van der Waals surface area contributed by atoms with Crippen molar-refractivity contribution >= 4 is 27.9 Å². The van der Waals surface area contributed by atoms with Crippen molar-refractivity contribution in [1.82, 2.24) is 4.98 Å². The molecule has 1 aromatic heterocycles. The van der Waals surface area contributed by atoms with Gasteiger partial charge in [-0.25, -0.2) is 4.98 Å². The summed E-state index contributed by atoms with van der Waals surface area (Å²) in [5.74, 6) is 0.384. The third-order valence-corrected chi connectivity index (χ3v) is 3.07. The summed E-state index contributed by atoms with van der Waals surface area (Å²) < 4.78 is 5.61. The molecule has 96 valence electrons. The number of rotatable bonds is 2. The maximum Gasteiger partial charge on any atom is 0.252 e. The first-order valence-electron chi connectivity index (χ1n) is 5.78. The van der Waals surface area contributed by atoms with Gasteiger partial charge in [0.2, 0.25) is 5.89 Å².